The van der Waals surface area contributed by atoms with Crippen LogP contribution in [-0.2, 0) is 19.1 Å². The highest BCUT2D eigenvalue weighted by atomic mass is 16.6. The van der Waals surface area contributed by atoms with Crippen molar-refractivity contribution in [2.45, 2.75) is 65.6 Å². The molecular formula is C14H22O4. The van der Waals surface area contributed by atoms with Crippen molar-refractivity contribution in [3.8, 4) is 0 Å². The molecule has 0 N–H and O–H groups in total. The topological polar surface area (TPSA) is 52.6 Å². The van der Waals surface area contributed by atoms with E-state index in [1.54, 1.807) is 0 Å². The molecule has 1 saturated heterocycles. The van der Waals surface area contributed by atoms with Gasteiger partial charge in [0.1, 0.15) is 5.60 Å². The second-order valence-corrected chi connectivity index (χ2v) is 7.18. The quantitative estimate of drug-likeness (QED) is 0.674. The molecule has 1 saturated carbocycles. The number of hydrogen-bond acceptors (Lipinski definition) is 4. The summed E-state index contributed by atoms with van der Waals surface area (Å²) < 4.78 is 10.9. The Kier molecular flexibility index (Phi) is 2.44. The maximum Gasteiger partial charge on any atom is 0.351 e. The predicted octanol–water partition coefficient (Wildman–Crippen LogP) is 2.45. The highest BCUT2D eigenvalue weighted by Gasteiger charge is 2.76. The number of ether oxygens (including phenoxy) is 2. The van der Waals surface area contributed by atoms with Crippen LogP contribution in [0.3, 0.4) is 0 Å². The molecule has 4 heteroatoms. The first-order valence-corrected chi connectivity index (χ1v) is 6.43. The summed E-state index contributed by atoms with van der Waals surface area (Å²) in [5.41, 5.74) is -2.79. The Morgan fingerprint density at radius 3 is 2.11 bits per heavy atom. The summed E-state index contributed by atoms with van der Waals surface area (Å²) in [7, 11) is 0. The zero-order valence-electron chi connectivity index (χ0n) is 12.0. The van der Waals surface area contributed by atoms with Gasteiger partial charge in [0.2, 0.25) is 5.60 Å². The molecule has 2 unspecified atom stereocenters. The molecule has 2 bridgehead atoms. The molecule has 2 rings (SSSR count). The van der Waals surface area contributed by atoms with Gasteiger partial charge in [0, 0.05) is 5.41 Å². The average Bonchev–Trinajstić information content (AvgIpc) is 2.45. The molecule has 102 valence electrons. The third kappa shape index (κ3) is 1.38. The molecular weight excluding hydrogens is 232 g/mol. The van der Waals surface area contributed by atoms with E-state index in [0.717, 1.165) is 0 Å². The molecule has 1 aliphatic heterocycles. The van der Waals surface area contributed by atoms with Crippen molar-refractivity contribution in [1.29, 1.82) is 0 Å². The van der Waals surface area contributed by atoms with Crippen LogP contribution in [0, 0.1) is 10.8 Å². The monoisotopic (exact) mass is 254 g/mol. The van der Waals surface area contributed by atoms with E-state index in [2.05, 4.69) is 0 Å². The molecule has 0 aromatic carbocycles. The lowest BCUT2D eigenvalue weighted by Gasteiger charge is -2.36. The van der Waals surface area contributed by atoms with E-state index in [1.165, 1.54) is 0 Å². The normalized spacial score (nSPS) is 37.6. The van der Waals surface area contributed by atoms with Gasteiger partial charge in [-0.15, -0.1) is 0 Å². The molecule has 1 heterocycles. The molecule has 2 atom stereocenters. The minimum atomic E-state index is -1.11. The largest absolute Gasteiger partial charge is 0.457 e. The third-order valence-corrected chi connectivity index (χ3v) is 4.81. The minimum Gasteiger partial charge on any atom is -0.457 e. The molecule has 0 aromatic heterocycles. The van der Waals surface area contributed by atoms with E-state index < -0.39 is 28.0 Å². The molecule has 0 radical (unpaired) electrons. The lowest BCUT2D eigenvalue weighted by molar-refractivity contribution is -0.191. The summed E-state index contributed by atoms with van der Waals surface area (Å²) in [6.45, 7) is 11.2. The Morgan fingerprint density at radius 2 is 1.78 bits per heavy atom. The van der Waals surface area contributed by atoms with Crippen LogP contribution < -0.4 is 0 Å². The Bertz CT molecular complexity index is 418. The molecule has 0 spiro atoms. The van der Waals surface area contributed by atoms with Crippen molar-refractivity contribution in [1.82, 2.24) is 0 Å². The summed E-state index contributed by atoms with van der Waals surface area (Å²) in [5, 5.41) is 0. The lowest BCUT2D eigenvalue weighted by atomic mass is 9.66. The zero-order chi connectivity index (χ0) is 14.0. The summed E-state index contributed by atoms with van der Waals surface area (Å²) in [6.07, 6.45) is 1.23. The zero-order valence-corrected chi connectivity index (χ0v) is 12.0. The first-order chi connectivity index (χ1) is 7.96. The number of hydrogen-bond donors (Lipinski definition) is 0. The van der Waals surface area contributed by atoms with Gasteiger partial charge in [-0.3, -0.25) is 4.79 Å². The van der Waals surface area contributed by atoms with Gasteiger partial charge in [-0.05, 0) is 40.5 Å². The molecule has 4 nitrogen and oxygen atoms in total. The van der Waals surface area contributed by atoms with Crippen LogP contribution in [0.15, 0.2) is 0 Å². The summed E-state index contributed by atoms with van der Waals surface area (Å²) in [4.78, 5) is 24.5. The first kappa shape index (κ1) is 13.4. The molecule has 1 aliphatic carbocycles. The standard InChI is InChI=1S/C14H22O4/c1-11(2,3)17-10(16)14-8-7-13(6,9(15)18-14)12(14,4)5/h7-8H2,1-6H3. The number of esters is 2. The maximum atomic E-state index is 12.4. The Labute approximate surface area is 108 Å². The van der Waals surface area contributed by atoms with E-state index in [1.807, 2.05) is 41.5 Å². The van der Waals surface area contributed by atoms with E-state index >= 15 is 0 Å². The summed E-state index contributed by atoms with van der Waals surface area (Å²) in [5.74, 6) is -0.681. The van der Waals surface area contributed by atoms with Gasteiger partial charge in [-0.25, -0.2) is 4.79 Å². The fourth-order valence-electron chi connectivity index (χ4n) is 3.06. The van der Waals surface area contributed by atoms with E-state index in [4.69, 9.17) is 9.47 Å². The van der Waals surface area contributed by atoms with Crippen molar-refractivity contribution in [3.05, 3.63) is 0 Å². The fraction of sp³-hybridized carbons (Fsp3) is 0.857. The van der Waals surface area contributed by atoms with Crippen LogP contribution in [0.2, 0.25) is 0 Å². The maximum absolute atomic E-state index is 12.4. The second-order valence-electron chi connectivity index (χ2n) is 7.18. The summed E-state index contributed by atoms with van der Waals surface area (Å²) in [6, 6.07) is 0. The molecule has 2 aliphatic rings. The third-order valence-electron chi connectivity index (χ3n) is 4.81. The van der Waals surface area contributed by atoms with Crippen LogP contribution in [-0.4, -0.2) is 23.1 Å². The van der Waals surface area contributed by atoms with Crippen LogP contribution in [0.1, 0.15) is 54.4 Å². The van der Waals surface area contributed by atoms with Gasteiger partial charge < -0.3 is 9.47 Å². The van der Waals surface area contributed by atoms with Crippen molar-refractivity contribution in [2.24, 2.45) is 10.8 Å². The Hall–Kier alpha value is -1.06. The van der Waals surface area contributed by atoms with E-state index in [0.29, 0.717) is 12.8 Å². The fourth-order valence-corrected chi connectivity index (χ4v) is 3.06. The predicted molar refractivity (Wildman–Crippen MR) is 65.8 cm³/mol. The van der Waals surface area contributed by atoms with Crippen molar-refractivity contribution < 1.29 is 19.1 Å². The van der Waals surface area contributed by atoms with Crippen LogP contribution in [0.25, 0.3) is 0 Å². The highest BCUT2D eigenvalue weighted by molar-refractivity contribution is 5.93. The SMILES string of the molecule is CC(C)(C)OC(=O)C12CCC(C)(C(=O)O1)C2(C)C. The average molecular weight is 254 g/mol. The molecule has 18 heavy (non-hydrogen) atoms. The molecule has 0 aromatic rings. The van der Waals surface area contributed by atoms with Gasteiger partial charge in [0.15, 0.2) is 0 Å². The van der Waals surface area contributed by atoms with E-state index in [9.17, 15) is 9.59 Å². The van der Waals surface area contributed by atoms with Gasteiger partial charge in [0.25, 0.3) is 0 Å². The van der Waals surface area contributed by atoms with E-state index in [-0.39, 0.29) is 5.97 Å². The number of carbonyl (C=O) groups excluding carboxylic acids is 2. The van der Waals surface area contributed by atoms with Crippen LogP contribution in [0.4, 0.5) is 0 Å². The van der Waals surface area contributed by atoms with Crippen LogP contribution >= 0.6 is 0 Å². The first-order valence-electron chi connectivity index (χ1n) is 6.43. The van der Waals surface area contributed by atoms with Gasteiger partial charge >= 0.3 is 11.9 Å². The number of fused-ring (bicyclic) bond motifs is 2. The Morgan fingerprint density at radius 1 is 1.22 bits per heavy atom. The van der Waals surface area contributed by atoms with Gasteiger partial charge in [0.05, 0.1) is 5.41 Å². The second kappa shape index (κ2) is 3.28. The minimum absolute atomic E-state index is 0.274. The van der Waals surface area contributed by atoms with Crippen molar-refractivity contribution in [2.75, 3.05) is 0 Å². The Balaban J connectivity index is 2.39. The van der Waals surface area contributed by atoms with Crippen molar-refractivity contribution >= 4 is 11.9 Å². The van der Waals surface area contributed by atoms with Gasteiger partial charge in [-0.1, -0.05) is 13.8 Å². The lowest BCUT2D eigenvalue weighted by Crippen LogP contribution is -2.50. The summed E-state index contributed by atoms with van der Waals surface area (Å²) >= 11 is 0. The smallest absolute Gasteiger partial charge is 0.351 e. The highest BCUT2D eigenvalue weighted by Crippen LogP contribution is 2.65. The molecule has 0 amide bonds. The van der Waals surface area contributed by atoms with Gasteiger partial charge in [-0.2, -0.15) is 0 Å². The molecule has 2 fully saturated rings. The number of rotatable bonds is 1. The number of carbonyl (C=O) groups is 2. The van der Waals surface area contributed by atoms with Crippen molar-refractivity contribution in [3.63, 3.8) is 0 Å². The van der Waals surface area contributed by atoms with Crippen LogP contribution in [0.5, 0.6) is 0 Å².